The first-order valence-electron chi connectivity index (χ1n) is 6.76. The van der Waals surface area contributed by atoms with Crippen molar-refractivity contribution in [1.29, 1.82) is 0 Å². The summed E-state index contributed by atoms with van der Waals surface area (Å²) in [6.07, 6.45) is 0. The van der Waals surface area contributed by atoms with E-state index in [2.05, 4.69) is 20.4 Å². The van der Waals surface area contributed by atoms with Crippen LogP contribution in [0.4, 0.5) is 5.82 Å². The summed E-state index contributed by atoms with van der Waals surface area (Å²) in [5.41, 5.74) is 0.380. The molecule has 1 aromatic rings. The van der Waals surface area contributed by atoms with Crippen LogP contribution < -0.4 is 5.32 Å². The molecule has 7 nitrogen and oxygen atoms in total. The molecule has 1 fully saturated rings. The molecule has 0 radical (unpaired) electrons. The first kappa shape index (κ1) is 14.7. The number of aromatic nitrogens is 2. The molecule has 1 aliphatic heterocycles. The molecular weight excluding hydrogens is 258 g/mol. The van der Waals surface area contributed by atoms with Crippen molar-refractivity contribution in [2.24, 2.45) is 0 Å². The van der Waals surface area contributed by atoms with Crippen molar-refractivity contribution in [3.8, 4) is 0 Å². The number of hydrogen-bond acceptors (Lipinski definition) is 6. The minimum absolute atomic E-state index is 0.0827. The van der Waals surface area contributed by atoms with Crippen molar-refractivity contribution in [2.75, 3.05) is 58.8 Å². The van der Waals surface area contributed by atoms with E-state index >= 15 is 0 Å². The fourth-order valence-corrected chi connectivity index (χ4v) is 1.88. The maximum absolute atomic E-state index is 12.2. The Kier molecular flexibility index (Phi) is 5.25. The predicted molar refractivity (Wildman–Crippen MR) is 75.8 cm³/mol. The van der Waals surface area contributed by atoms with E-state index in [1.165, 1.54) is 0 Å². The van der Waals surface area contributed by atoms with Crippen LogP contribution in [0.25, 0.3) is 0 Å². The molecule has 1 aromatic heterocycles. The van der Waals surface area contributed by atoms with E-state index in [9.17, 15) is 4.79 Å². The number of ether oxygens (including phenoxy) is 1. The normalized spacial score (nSPS) is 15.4. The van der Waals surface area contributed by atoms with Gasteiger partial charge in [-0.25, -0.2) is 0 Å². The quantitative estimate of drug-likeness (QED) is 0.813. The van der Waals surface area contributed by atoms with Gasteiger partial charge in [0.1, 0.15) is 5.82 Å². The number of carbonyl (C=O) groups excluding carboxylic acids is 1. The fourth-order valence-electron chi connectivity index (χ4n) is 1.88. The Bertz CT molecular complexity index is 429. The van der Waals surface area contributed by atoms with Crippen molar-refractivity contribution >= 4 is 11.7 Å². The van der Waals surface area contributed by atoms with Crippen LogP contribution in [0.5, 0.6) is 0 Å². The molecule has 0 saturated carbocycles. The molecule has 7 heteroatoms. The molecule has 0 unspecified atom stereocenters. The molecule has 110 valence electrons. The van der Waals surface area contributed by atoms with Crippen LogP contribution in [0.3, 0.4) is 0 Å². The lowest BCUT2D eigenvalue weighted by Crippen LogP contribution is -2.41. The van der Waals surface area contributed by atoms with E-state index in [4.69, 9.17) is 4.74 Å². The van der Waals surface area contributed by atoms with Gasteiger partial charge in [-0.3, -0.25) is 4.79 Å². The number of morpholine rings is 1. The molecule has 0 aromatic carbocycles. The first-order chi connectivity index (χ1) is 9.66. The highest BCUT2D eigenvalue weighted by Crippen LogP contribution is 2.07. The molecule has 1 saturated heterocycles. The zero-order chi connectivity index (χ0) is 14.4. The summed E-state index contributed by atoms with van der Waals surface area (Å²) in [6, 6.07) is 3.50. The Balaban J connectivity index is 1.88. The van der Waals surface area contributed by atoms with Crippen LogP contribution in [0.1, 0.15) is 10.5 Å². The number of nitrogens with zero attached hydrogens (tertiary/aromatic N) is 4. The SMILES string of the molecule is CN(C)CCNc1ccc(C(=O)N2CCOCC2)nn1. The largest absolute Gasteiger partial charge is 0.378 e. The lowest BCUT2D eigenvalue weighted by Gasteiger charge is -2.26. The van der Waals surface area contributed by atoms with Crippen molar-refractivity contribution in [1.82, 2.24) is 20.0 Å². The second-order valence-electron chi connectivity index (χ2n) is 4.94. The van der Waals surface area contributed by atoms with Crippen molar-refractivity contribution < 1.29 is 9.53 Å². The first-order valence-corrected chi connectivity index (χ1v) is 6.76. The highest BCUT2D eigenvalue weighted by Gasteiger charge is 2.19. The minimum Gasteiger partial charge on any atom is -0.378 e. The van der Waals surface area contributed by atoms with E-state index in [0.29, 0.717) is 37.8 Å². The second kappa shape index (κ2) is 7.16. The number of anilines is 1. The average Bonchev–Trinajstić information content (AvgIpc) is 2.48. The van der Waals surface area contributed by atoms with Gasteiger partial charge < -0.3 is 19.9 Å². The summed E-state index contributed by atoms with van der Waals surface area (Å²) in [4.78, 5) is 16.0. The van der Waals surface area contributed by atoms with Gasteiger partial charge in [-0.1, -0.05) is 0 Å². The van der Waals surface area contributed by atoms with E-state index in [1.807, 2.05) is 14.1 Å². The van der Waals surface area contributed by atoms with Gasteiger partial charge in [0.2, 0.25) is 0 Å². The summed E-state index contributed by atoms with van der Waals surface area (Å²) in [5, 5.41) is 11.2. The summed E-state index contributed by atoms with van der Waals surface area (Å²) >= 11 is 0. The molecule has 1 amide bonds. The minimum atomic E-state index is -0.0827. The topological polar surface area (TPSA) is 70.6 Å². The third-order valence-corrected chi connectivity index (χ3v) is 3.05. The molecule has 1 N–H and O–H groups in total. The van der Waals surface area contributed by atoms with Gasteiger partial charge in [-0.05, 0) is 26.2 Å². The summed E-state index contributed by atoms with van der Waals surface area (Å²) < 4.78 is 5.22. The molecule has 0 aliphatic carbocycles. The van der Waals surface area contributed by atoms with Crippen LogP contribution in [0, 0.1) is 0 Å². The Hall–Kier alpha value is -1.73. The maximum Gasteiger partial charge on any atom is 0.274 e. The zero-order valence-electron chi connectivity index (χ0n) is 12.0. The molecule has 1 aliphatic rings. The van der Waals surface area contributed by atoms with E-state index in [-0.39, 0.29) is 5.91 Å². The number of nitrogens with one attached hydrogen (secondary N) is 1. The van der Waals surface area contributed by atoms with E-state index < -0.39 is 0 Å². The zero-order valence-corrected chi connectivity index (χ0v) is 12.0. The Morgan fingerprint density at radius 2 is 2.10 bits per heavy atom. The van der Waals surface area contributed by atoms with E-state index in [1.54, 1.807) is 17.0 Å². The smallest absolute Gasteiger partial charge is 0.274 e. The Labute approximate surface area is 118 Å². The molecule has 0 spiro atoms. The summed E-state index contributed by atoms with van der Waals surface area (Å²) in [5.74, 6) is 0.603. The third-order valence-electron chi connectivity index (χ3n) is 3.05. The van der Waals surface area contributed by atoms with Gasteiger partial charge in [-0.2, -0.15) is 0 Å². The van der Waals surface area contributed by atoms with Gasteiger partial charge in [0.15, 0.2) is 5.69 Å². The molecule has 0 bridgehead atoms. The van der Waals surface area contributed by atoms with Crippen molar-refractivity contribution in [3.63, 3.8) is 0 Å². The summed E-state index contributed by atoms with van der Waals surface area (Å²) in [6.45, 7) is 4.11. The van der Waals surface area contributed by atoms with Crippen molar-refractivity contribution in [2.45, 2.75) is 0 Å². The van der Waals surface area contributed by atoms with Crippen LogP contribution in [-0.4, -0.2) is 79.4 Å². The molecule has 20 heavy (non-hydrogen) atoms. The summed E-state index contributed by atoms with van der Waals surface area (Å²) in [7, 11) is 4.02. The van der Waals surface area contributed by atoms with Crippen LogP contribution in [-0.2, 0) is 4.74 Å². The van der Waals surface area contributed by atoms with Gasteiger partial charge in [0, 0.05) is 26.2 Å². The van der Waals surface area contributed by atoms with Crippen LogP contribution in [0.2, 0.25) is 0 Å². The highest BCUT2D eigenvalue weighted by atomic mass is 16.5. The molecule has 2 heterocycles. The number of amides is 1. The van der Waals surface area contributed by atoms with Crippen LogP contribution in [0.15, 0.2) is 12.1 Å². The molecular formula is C13H21N5O2. The maximum atomic E-state index is 12.2. The van der Waals surface area contributed by atoms with Gasteiger partial charge in [0.05, 0.1) is 13.2 Å². The standard InChI is InChI=1S/C13H21N5O2/c1-17(2)6-5-14-12-4-3-11(15-16-12)13(19)18-7-9-20-10-8-18/h3-4H,5-10H2,1-2H3,(H,14,16). The number of likely N-dealkylation sites (N-methyl/N-ethyl adjacent to an activating group) is 1. The van der Waals surface area contributed by atoms with E-state index in [0.717, 1.165) is 13.1 Å². The van der Waals surface area contributed by atoms with Gasteiger partial charge >= 0.3 is 0 Å². The number of hydrogen-bond donors (Lipinski definition) is 1. The average molecular weight is 279 g/mol. The van der Waals surface area contributed by atoms with Gasteiger partial charge in [-0.15, -0.1) is 10.2 Å². The molecule has 0 atom stereocenters. The Morgan fingerprint density at radius 1 is 1.35 bits per heavy atom. The van der Waals surface area contributed by atoms with Crippen LogP contribution >= 0.6 is 0 Å². The van der Waals surface area contributed by atoms with Crippen molar-refractivity contribution in [3.05, 3.63) is 17.8 Å². The second-order valence-corrected chi connectivity index (χ2v) is 4.94. The monoisotopic (exact) mass is 279 g/mol. The molecule has 2 rings (SSSR count). The number of carbonyl (C=O) groups is 1. The number of rotatable bonds is 5. The lowest BCUT2D eigenvalue weighted by molar-refractivity contribution is 0.0298. The highest BCUT2D eigenvalue weighted by molar-refractivity contribution is 5.92. The lowest BCUT2D eigenvalue weighted by atomic mass is 10.3. The fraction of sp³-hybridized carbons (Fsp3) is 0.615. The van der Waals surface area contributed by atoms with Gasteiger partial charge in [0.25, 0.3) is 5.91 Å². The Morgan fingerprint density at radius 3 is 2.70 bits per heavy atom. The third kappa shape index (κ3) is 4.14. The predicted octanol–water partition coefficient (Wildman–Crippen LogP) is -0.0775.